The number of nitrogens with zero attached hydrogens (tertiary/aromatic N) is 1. The van der Waals surface area contributed by atoms with Gasteiger partial charge in [-0.2, -0.15) is 0 Å². The van der Waals surface area contributed by atoms with E-state index < -0.39 is 0 Å². The van der Waals surface area contributed by atoms with Crippen LogP contribution in [0.2, 0.25) is 0 Å². The molecule has 1 N–H and O–H groups in total. The molecule has 0 unspecified atom stereocenters. The summed E-state index contributed by atoms with van der Waals surface area (Å²) in [6.45, 7) is 5.79. The molecule has 0 aliphatic heterocycles. The van der Waals surface area contributed by atoms with Crippen LogP contribution in [-0.2, 0) is 6.42 Å². The molecule has 12 heavy (non-hydrogen) atoms. The van der Waals surface area contributed by atoms with Crippen LogP contribution in [0.5, 0.6) is 0 Å². The molecule has 0 bridgehead atoms. The SMILES string of the molecule is Cc1cc(C)nc(C[C@@H](C)O)c1. The second kappa shape index (κ2) is 3.68. The van der Waals surface area contributed by atoms with Crippen LogP contribution in [0.3, 0.4) is 0 Å². The summed E-state index contributed by atoms with van der Waals surface area (Å²) < 4.78 is 0. The van der Waals surface area contributed by atoms with Gasteiger partial charge in [0.2, 0.25) is 0 Å². The fraction of sp³-hybridized carbons (Fsp3) is 0.500. The summed E-state index contributed by atoms with van der Waals surface area (Å²) in [6, 6.07) is 4.05. The lowest BCUT2D eigenvalue weighted by atomic mass is 10.1. The lowest BCUT2D eigenvalue weighted by Crippen LogP contribution is -2.06. The summed E-state index contributed by atoms with van der Waals surface area (Å²) in [7, 11) is 0. The van der Waals surface area contributed by atoms with E-state index in [1.54, 1.807) is 6.92 Å². The van der Waals surface area contributed by atoms with E-state index in [4.69, 9.17) is 5.11 Å². The van der Waals surface area contributed by atoms with Crippen molar-refractivity contribution in [1.29, 1.82) is 0 Å². The van der Waals surface area contributed by atoms with Gasteiger partial charge in [-0.1, -0.05) is 0 Å². The van der Waals surface area contributed by atoms with Gasteiger partial charge in [-0.3, -0.25) is 4.98 Å². The van der Waals surface area contributed by atoms with E-state index >= 15 is 0 Å². The number of hydrogen-bond acceptors (Lipinski definition) is 2. The van der Waals surface area contributed by atoms with Crippen molar-refractivity contribution in [3.05, 3.63) is 29.1 Å². The molecule has 1 heterocycles. The molecule has 0 saturated heterocycles. The number of aryl methyl sites for hydroxylation is 2. The maximum atomic E-state index is 9.15. The highest BCUT2D eigenvalue weighted by molar-refractivity contribution is 5.19. The predicted octanol–water partition coefficient (Wildman–Crippen LogP) is 1.62. The first-order chi connectivity index (χ1) is 5.58. The Morgan fingerprint density at radius 3 is 2.58 bits per heavy atom. The third kappa shape index (κ3) is 2.62. The average Bonchev–Trinajstić information content (AvgIpc) is 1.81. The van der Waals surface area contributed by atoms with Gasteiger partial charge in [0.15, 0.2) is 0 Å². The summed E-state index contributed by atoms with van der Waals surface area (Å²) in [5.74, 6) is 0. The molecular formula is C10H15NO. The normalized spacial score (nSPS) is 13.0. The van der Waals surface area contributed by atoms with Crippen LogP contribution in [-0.4, -0.2) is 16.2 Å². The van der Waals surface area contributed by atoms with E-state index in [1.807, 2.05) is 26.0 Å². The molecule has 0 aromatic carbocycles. The van der Waals surface area contributed by atoms with Crippen LogP contribution >= 0.6 is 0 Å². The number of aliphatic hydroxyl groups excluding tert-OH is 1. The molecule has 0 saturated carbocycles. The van der Waals surface area contributed by atoms with Crippen molar-refractivity contribution in [1.82, 2.24) is 4.98 Å². The Morgan fingerprint density at radius 2 is 2.08 bits per heavy atom. The van der Waals surface area contributed by atoms with Crippen molar-refractivity contribution in [3.8, 4) is 0 Å². The van der Waals surface area contributed by atoms with E-state index in [-0.39, 0.29) is 6.10 Å². The number of aromatic nitrogens is 1. The lowest BCUT2D eigenvalue weighted by Gasteiger charge is -2.05. The number of aliphatic hydroxyl groups is 1. The number of rotatable bonds is 2. The van der Waals surface area contributed by atoms with Gasteiger partial charge in [0.1, 0.15) is 0 Å². The molecule has 1 atom stereocenters. The highest BCUT2D eigenvalue weighted by Gasteiger charge is 2.01. The van der Waals surface area contributed by atoms with Gasteiger partial charge in [0.25, 0.3) is 0 Å². The minimum absolute atomic E-state index is 0.307. The second-order valence-corrected chi connectivity index (χ2v) is 3.33. The number of hydrogen-bond donors (Lipinski definition) is 1. The van der Waals surface area contributed by atoms with Gasteiger partial charge in [-0.05, 0) is 38.5 Å². The first kappa shape index (κ1) is 9.20. The molecule has 2 nitrogen and oxygen atoms in total. The Balaban J connectivity index is 2.85. The highest BCUT2D eigenvalue weighted by Crippen LogP contribution is 2.06. The minimum atomic E-state index is -0.307. The van der Waals surface area contributed by atoms with Crippen LogP contribution in [0.1, 0.15) is 23.9 Å². The zero-order valence-electron chi connectivity index (χ0n) is 7.83. The van der Waals surface area contributed by atoms with Gasteiger partial charge in [-0.25, -0.2) is 0 Å². The summed E-state index contributed by atoms with van der Waals surface area (Å²) in [4.78, 5) is 4.31. The van der Waals surface area contributed by atoms with Crippen LogP contribution in [0.4, 0.5) is 0 Å². The Kier molecular flexibility index (Phi) is 2.82. The summed E-state index contributed by atoms with van der Waals surface area (Å²) in [5, 5.41) is 9.15. The fourth-order valence-electron chi connectivity index (χ4n) is 1.33. The fourth-order valence-corrected chi connectivity index (χ4v) is 1.33. The van der Waals surface area contributed by atoms with E-state index in [2.05, 4.69) is 4.98 Å². The molecule has 0 aliphatic carbocycles. The Bertz CT molecular complexity index is 248. The van der Waals surface area contributed by atoms with Gasteiger partial charge in [0, 0.05) is 17.8 Å². The summed E-state index contributed by atoms with van der Waals surface area (Å²) >= 11 is 0. The van der Waals surface area contributed by atoms with Crippen molar-refractivity contribution in [3.63, 3.8) is 0 Å². The van der Waals surface area contributed by atoms with Crippen molar-refractivity contribution in [2.75, 3.05) is 0 Å². The molecule has 66 valence electrons. The van der Waals surface area contributed by atoms with Crippen molar-refractivity contribution in [2.24, 2.45) is 0 Å². The summed E-state index contributed by atoms with van der Waals surface area (Å²) in [5.41, 5.74) is 3.20. The molecule has 1 aromatic heterocycles. The Labute approximate surface area is 73.3 Å². The quantitative estimate of drug-likeness (QED) is 0.722. The summed E-state index contributed by atoms with van der Waals surface area (Å²) in [6.07, 6.45) is 0.335. The predicted molar refractivity (Wildman–Crippen MR) is 49.1 cm³/mol. The van der Waals surface area contributed by atoms with Crippen molar-refractivity contribution in [2.45, 2.75) is 33.3 Å². The van der Waals surface area contributed by atoms with Gasteiger partial charge < -0.3 is 5.11 Å². The third-order valence-electron chi connectivity index (χ3n) is 1.66. The zero-order chi connectivity index (χ0) is 9.14. The van der Waals surface area contributed by atoms with Crippen LogP contribution < -0.4 is 0 Å². The third-order valence-corrected chi connectivity index (χ3v) is 1.66. The minimum Gasteiger partial charge on any atom is -0.393 e. The maximum absolute atomic E-state index is 9.15. The van der Waals surface area contributed by atoms with Crippen LogP contribution in [0.25, 0.3) is 0 Å². The molecule has 0 spiro atoms. The van der Waals surface area contributed by atoms with Gasteiger partial charge >= 0.3 is 0 Å². The molecule has 1 rings (SSSR count). The largest absolute Gasteiger partial charge is 0.393 e. The molecule has 0 radical (unpaired) electrons. The molecule has 0 aliphatic rings. The van der Waals surface area contributed by atoms with Crippen LogP contribution in [0.15, 0.2) is 12.1 Å². The molecule has 2 heteroatoms. The molecular weight excluding hydrogens is 150 g/mol. The lowest BCUT2D eigenvalue weighted by molar-refractivity contribution is 0.194. The van der Waals surface area contributed by atoms with Crippen LogP contribution in [0, 0.1) is 13.8 Å². The highest BCUT2D eigenvalue weighted by atomic mass is 16.3. The smallest absolute Gasteiger partial charge is 0.0567 e. The van der Waals surface area contributed by atoms with E-state index in [1.165, 1.54) is 5.56 Å². The van der Waals surface area contributed by atoms with E-state index in [9.17, 15) is 0 Å². The molecule has 0 amide bonds. The standard InChI is InChI=1S/C10H15NO/c1-7-4-8(2)11-10(5-7)6-9(3)12/h4-5,9,12H,6H2,1-3H3/t9-/m1/s1. The monoisotopic (exact) mass is 165 g/mol. The molecule has 1 aromatic rings. The van der Waals surface area contributed by atoms with Gasteiger partial charge in [0.05, 0.1) is 6.10 Å². The topological polar surface area (TPSA) is 33.1 Å². The Morgan fingerprint density at radius 1 is 1.42 bits per heavy atom. The van der Waals surface area contributed by atoms with E-state index in [0.717, 1.165) is 11.4 Å². The van der Waals surface area contributed by atoms with Gasteiger partial charge in [-0.15, -0.1) is 0 Å². The first-order valence-corrected chi connectivity index (χ1v) is 4.20. The number of pyridine rings is 1. The van der Waals surface area contributed by atoms with E-state index in [0.29, 0.717) is 6.42 Å². The molecule has 0 fully saturated rings. The Hall–Kier alpha value is -0.890. The maximum Gasteiger partial charge on any atom is 0.0567 e. The van der Waals surface area contributed by atoms with Crippen molar-refractivity contribution >= 4 is 0 Å². The second-order valence-electron chi connectivity index (χ2n) is 3.33. The van der Waals surface area contributed by atoms with Crippen molar-refractivity contribution < 1.29 is 5.11 Å². The zero-order valence-corrected chi connectivity index (χ0v) is 7.83. The average molecular weight is 165 g/mol. The first-order valence-electron chi connectivity index (χ1n) is 4.20.